The lowest BCUT2D eigenvalue weighted by atomic mass is 9.93. The standard InChI is InChI=1S/C18H29NO2/c1-5-6-7-8-9-14-18(3,17(20)21-4)19-16-12-10-15(2)11-13-16/h10-13,19H,5-9,14H2,1-4H3. The average molecular weight is 291 g/mol. The van der Waals surface area contributed by atoms with Gasteiger partial charge in [-0.15, -0.1) is 0 Å². The Balaban J connectivity index is 2.64. The summed E-state index contributed by atoms with van der Waals surface area (Å²) in [5.74, 6) is -0.196. The molecule has 1 N–H and O–H groups in total. The molecular weight excluding hydrogens is 262 g/mol. The van der Waals surface area contributed by atoms with E-state index < -0.39 is 5.54 Å². The SMILES string of the molecule is CCCCCCCC(C)(Nc1ccc(C)cc1)C(=O)OC. The maximum Gasteiger partial charge on any atom is 0.331 e. The molecule has 0 bridgehead atoms. The van der Waals surface area contributed by atoms with E-state index in [2.05, 4.69) is 19.2 Å². The summed E-state index contributed by atoms with van der Waals surface area (Å²) in [6, 6.07) is 8.10. The first kappa shape index (κ1) is 17.5. The molecule has 0 radical (unpaired) electrons. The molecule has 0 heterocycles. The van der Waals surface area contributed by atoms with Crippen LogP contribution in [0.3, 0.4) is 0 Å². The van der Waals surface area contributed by atoms with Crippen molar-refractivity contribution in [1.82, 2.24) is 0 Å². The summed E-state index contributed by atoms with van der Waals surface area (Å²) in [5.41, 5.74) is 1.51. The number of nitrogens with one attached hydrogen (secondary N) is 1. The Hall–Kier alpha value is -1.51. The minimum Gasteiger partial charge on any atom is -0.467 e. The average Bonchev–Trinajstić information content (AvgIpc) is 2.48. The summed E-state index contributed by atoms with van der Waals surface area (Å²) in [6.45, 7) is 6.19. The van der Waals surface area contributed by atoms with Gasteiger partial charge in [-0.1, -0.05) is 56.7 Å². The number of carbonyl (C=O) groups is 1. The van der Waals surface area contributed by atoms with Gasteiger partial charge < -0.3 is 10.1 Å². The Kier molecular flexibility index (Phi) is 7.27. The molecule has 1 aromatic carbocycles. The van der Waals surface area contributed by atoms with E-state index in [0.717, 1.165) is 24.9 Å². The number of rotatable bonds is 9. The third kappa shape index (κ3) is 5.78. The molecule has 3 nitrogen and oxygen atoms in total. The lowest BCUT2D eigenvalue weighted by Crippen LogP contribution is -2.44. The molecule has 0 saturated carbocycles. The van der Waals surface area contributed by atoms with Crippen molar-refractivity contribution in [3.05, 3.63) is 29.8 Å². The maximum absolute atomic E-state index is 12.1. The number of anilines is 1. The highest BCUT2D eigenvalue weighted by molar-refractivity contribution is 5.83. The van der Waals surface area contributed by atoms with Gasteiger partial charge in [0.05, 0.1) is 7.11 Å². The Morgan fingerprint density at radius 2 is 1.76 bits per heavy atom. The van der Waals surface area contributed by atoms with Crippen LogP contribution in [0.2, 0.25) is 0 Å². The van der Waals surface area contributed by atoms with Crippen LogP contribution in [0, 0.1) is 6.92 Å². The summed E-state index contributed by atoms with van der Waals surface area (Å²) in [4.78, 5) is 12.1. The Morgan fingerprint density at radius 3 is 2.33 bits per heavy atom. The van der Waals surface area contributed by atoms with Gasteiger partial charge in [0, 0.05) is 5.69 Å². The summed E-state index contributed by atoms with van der Waals surface area (Å²) in [6.07, 6.45) is 6.71. The van der Waals surface area contributed by atoms with Gasteiger partial charge in [-0.2, -0.15) is 0 Å². The van der Waals surface area contributed by atoms with Gasteiger partial charge in [0.15, 0.2) is 0 Å². The number of unbranched alkanes of at least 4 members (excludes halogenated alkanes) is 4. The van der Waals surface area contributed by atoms with Gasteiger partial charge in [-0.3, -0.25) is 0 Å². The van der Waals surface area contributed by atoms with E-state index in [1.807, 2.05) is 31.2 Å². The molecule has 1 aromatic rings. The second kappa shape index (κ2) is 8.71. The topological polar surface area (TPSA) is 38.3 Å². The lowest BCUT2D eigenvalue weighted by molar-refractivity contribution is -0.145. The molecule has 118 valence electrons. The molecule has 0 aliphatic rings. The third-order valence-corrected chi connectivity index (χ3v) is 3.89. The zero-order chi connectivity index (χ0) is 15.7. The predicted octanol–water partition coefficient (Wildman–Crippen LogP) is 4.70. The van der Waals surface area contributed by atoms with Crippen LogP contribution in [0.1, 0.15) is 57.9 Å². The van der Waals surface area contributed by atoms with Crippen molar-refractivity contribution < 1.29 is 9.53 Å². The van der Waals surface area contributed by atoms with Gasteiger partial charge in [-0.05, 0) is 32.4 Å². The van der Waals surface area contributed by atoms with Crippen LogP contribution < -0.4 is 5.32 Å². The van der Waals surface area contributed by atoms with Crippen LogP contribution in [0.25, 0.3) is 0 Å². The normalized spacial score (nSPS) is 13.5. The molecule has 0 aliphatic heterocycles. The van der Waals surface area contributed by atoms with Crippen molar-refractivity contribution in [3.63, 3.8) is 0 Å². The molecule has 0 spiro atoms. The summed E-state index contributed by atoms with van der Waals surface area (Å²) < 4.78 is 4.99. The number of aryl methyl sites for hydroxylation is 1. The quantitative estimate of drug-likeness (QED) is 0.529. The fourth-order valence-electron chi connectivity index (χ4n) is 2.48. The molecule has 3 heteroatoms. The zero-order valence-electron chi connectivity index (χ0n) is 13.9. The molecule has 0 saturated heterocycles. The van der Waals surface area contributed by atoms with E-state index in [9.17, 15) is 4.79 Å². The minimum atomic E-state index is -0.657. The Bertz CT molecular complexity index is 427. The third-order valence-electron chi connectivity index (χ3n) is 3.89. The number of hydrogen-bond acceptors (Lipinski definition) is 3. The first-order chi connectivity index (χ1) is 10.0. The van der Waals surface area contributed by atoms with E-state index in [-0.39, 0.29) is 5.97 Å². The summed E-state index contributed by atoms with van der Waals surface area (Å²) >= 11 is 0. The fraction of sp³-hybridized carbons (Fsp3) is 0.611. The van der Waals surface area contributed by atoms with Crippen molar-refractivity contribution >= 4 is 11.7 Å². The molecule has 21 heavy (non-hydrogen) atoms. The van der Waals surface area contributed by atoms with E-state index in [4.69, 9.17) is 4.74 Å². The highest BCUT2D eigenvalue weighted by Crippen LogP contribution is 2.23. The van der Waals surface area contributed by atoms with E-state index in [1.165, 1.54) is 31.9 Å². The molecular formula is C18H29NO2. The van der Waals surface area contributed by atoms with Crippen molar-refractivity contribution in [2.24, 2.45) is 0 Å². The van der Waals surface area contributed by atoms with Crippen LogP contribution in [0.4, 0.5) is 5.69 Å². The van der Waals surface area contributed by atoms with Crippen LogP contribution in [-0.2, 0) is 9.53 Å². The monoisotopic (exact) mass is 291 g/mol. The molecule has 0 aromatic heterocycles. The first-order valence-electron chi connectivity index (χ1n) is 7.95. The molecule has 1 unspecified atom stereocenters. The summed E-state index contributed by atoms with van der Waals surface area (Å²) in [5, 5.41) is 3.35. The molecule has 0 fully saturated rings. The predicted molar refractivity (Wildman–Crippen MR) is 88.6 cm³/mol. The number of methoxy groups -OCH3 is 1. The van der Waals surface area contributed by atoms with Gasteiger partial charge in [0.1, 0.15) is 5.54 Å². The summed E-state index contributed by atoms with van der Waals surface area (Å²) in [7, 11) is 1.45. The molecule has 0 aliphatic carbocycles. The minimum absolute atomic E-state index is 0.196. The first-order valence-corrected chi connectivity index (χ1v) is 7.95. The van der Waals surface area contributed by atoms with Crippen LogP contribution in [0.5, 0.6) is 0 Å². The Labute approximate surface area is 129 Å². The van der Waals surface area contributed by atoms with Gasteiger partial charge >= 0.3 is 5.97 Å². The second-order valence-corrected chi connectivity index (χ2v) is 5.98. The smallest absolute Gasteiger partial charge is 0.331 e. The van der Waals surface area contributed by atoms with Gasteiger partial charge in [0.25, 0.3) is 0 Å². The van der Waals surface area contributed by atoms with Crippen molar-refractivity contribution in [2.45, 2.75) is 64.8 Å². The van der Waals surface area contributed by atoms with E-state index in [0.29, 0.717) is 0 Å². The van der Waals surface area contributed by atoms with Gasteiger partial charge in [0.2, 0.25) is 0 Å². The number of carbonyl (C=O) groups excluding carboxylic acids is 1. The molecule has 1 atom stereocenters. The van der Waals surface area contributed by atoms with Crippen molar-refractivity contribution in [3.8, 4) is 0 Å². The second-order valence-electron chi connectivity index (χ2n) is 5.98. The highest BCUT2D eigenvalue weighted by atomic mass is 16.5. The molecule has 0 amide bonds. The molecule has 1 rings (SSSR count). The maximum atomic E-state index is 12.1. The number of benzene rings is 1. The van der Waals surface area contributed by atoms with Crippen molar-refractivity contribution in [1.29, 1.82) is 0 Å². The zero-order valence-corrected chi connectivity index (χ0v) is 13.9. The fourth-order valence-corrected chi connectivity index (χ4v) is 2.48. The van der Waals surface area contributed by atoms with Crippen LogP contribution in [-0.4, -0.2) is 18.6 Å². The number of ether oxygens (including phenoxy) is 1. The van der Waals surface area contributed by atoms with E-state index in [1.54, 1.807) is 0 Å². The van der Waals surface area contributed by atoms with Crippen LogP contribution >= 0.6 is 0 Å². The van der Waals surface area contributed by atoms with Gasteiger partial charge in [-0.25, -0.2) is 4.79 Å². The van der Waals surface area contributed by atoms with E-state index >= 15 is 0 Å². The number of hydrogen-bond donors (Lipinski definition) is 1. The number of esters is 1. The van der Waals surface area contributed by atoms with Crippen LogP contribution in [0.15, 0.2) is 24.3 Å². The lowest BCUT2D eigenvalue weighted by Gasteiger charge is -2.29. The van der Waals surface area contributed by atoms with Crippen molar-refractivity contribution in [2.75, 3.05) is 12.4 Å². The Morgan fingerprint density at radius 1 is 1.14 bits per heavy atom. The highest BCUT2D eigenvalue weighted by Gasteiger charge is 2.33. The largest absolute Gasteiger partial charge is 0.467 e.